The molecule has 0 fully saturated rings. The zero-order valence-electron chi connectivity index (χ0n) is 11.8. The lowest BCUT2D eigenvalue weighted by molar-refractivity contribution is -0.143. The van der Waals surface area contributed by atoms with Crippen LogP contribution in [0, 0.1) is 0 Å². The molecule has 0 bridgehead atoms. The van der Waals surface area contributed by atoms with Crippen LogP contribution in [0.3, 0.4) is 0 Å². The van der Waals surface area contributed by atoms with Crippen LogP contribution in [-0.2, 0) is 22.5 Å². The molecule has 0 amide bonds. The Balaban J connectivity index is 1.81. The summed E-state index contributed by atoms with van der Waals surface area (Å²) in [5.74, 6) is -0.182. The van der Waals surface area contributed by atoms with Gasteiger partial charge in [-0.2, -0.15) is 0 Å². The highest BCUT2D eigenvalue weighted by molar-refractivity contribution is 7.13. The molecule has 21 heavy (non-hydrogen) atoms. The Hall–Kier alpha value is -1.59. The topological polar surface area (TPSA) is 51.2 Å². The van der Waals surface area contributed by atoms with Crippen LogP contribution in [0.1, 0.15) is 24.6 Å². The molecule has 0 unspecified atom stereocenters. The Morgan fingerprint density at radius 3 is 3.10 bits per heavy atom. The monoisotopic (exact) mass is 324 g/mol. The van der Waals surface area contributed by atoms with Crippen LogP contribution < -0.4 is 5.32 Å². The fourth-order valence-corrected chi connectivity index (χ4v) is 2.75. The van der Waals surface area contributed by atoms with Crippen LogP contribution in [0.5, 0.6) is 0 Å². The highest BCUT2D eigenvalue weighted by Gasteiger charge is 2.06. The number of halogens is 1. The number of hydrogen-bond acceptors (Lipinski definition) is 5. The third-order valence-corrected chi connectivity index (χ3v) is 3.86. The van der Waals surface area contributed by atoms with Crippen LogP contribution in [0.25, 0.3) is 0 Å². The van der Waals surface area contributed by atoms with Crippen LogP contribution >= 0.6 is 22.9 Å². The van der Waals surface area contributed by atoms with E-state index in [1.165, 1.54) is 11.3 Å². The van der Waals surface area contributed by atoms with Crippen LogP contribution in [-0.4, -0.2) is 17.6 Å². The van der Waals surface area contributed by atoms with Gasteiger partial charge in [0.25, 0.3) is 0 Å². The summed E-state index contributed by atoms with van der Waals surface area (Å²) in [5.41, 5.74) is 2.01. The molecule has 0 saturated heterocycles. The summed E-state index contributed by atoms with van der Waals surface area (Å²) in [4.78, 5) is 15.7. The summed E-state index contributed by atoms with van der Waals surface area (Å²) >= 11 is 7.47. The number of nitrogens with zero attached hydrogens (tertiary/aromatic N) is 1. The van der Waals surface area contributed by atoms with Gasteiger partial charge in [0.1, 0.15) is 0 Å². The number of aryl methyl sites for hydroxylation is 1. The maximum absolute atomic E-state index is 11.3. The maximum Gasteiger partial charge on any atom is 0.306 e. The highest BCUT2D eigenvalue weighted by Crippen LogP contribution is 2.18. The van der Waals surface area contributed by atoms with Crippen molar-refractivity contribution in [2.75, 3.05) is 11.9 Å². The van der Waals surface area contributed by atoms with Gasteiger partial charge in [-0.05, 0) is 24.6 Å². The fourth-order valence-electron chi connectivity index (χ4n) is 1.79. The van der Waals surface area contributed by atoms with Crippen molar-refractivity contribution in [1.82, 2.24) is 4.98 Å². The van der Waals surface area contributed by atoms with E-state index in [9.17, 15) is 4.79 Å². The molecule has 4 nitrogen and oxygen atoms in total. The molecular formula is C15H17ClN2O2S. The van der Waals surface area contributed by atoms with Crippen molar-refractivity contribution in [3.63, 3.8) is 0 Å². The molecule has 0 radical (unpaired) electrons. The normalized spacial score (nSPS) is 10.4. The number of benzene rings is 1. The van der Waals surface area contributed by atoms with Crippen LogP contribution in [0.15, 0.2) is 29.6 Å². The number of esters is 1. The molecule has 1 heterocycles. The van der Waals surface area contributed by atoms with E-state index in [4.69, 9.17) is 16.3 Å². The van der Waals surface area contributed by atoms with Gasteiger partial charge in [0.05, 0.1) is 18.7 Å². The van der Waals surface area contributed by atoms with Crippen molar-refractivity contribution in [3.05, 3.63) is 45.9 Å². The number of ether oxygens (including phenoxy) is 1. The van der Waals surface area contributed by atoms with Gasteiger partial charge in [0, 0.05) is 23.4 Å². The number of aromatic nitrogens is 1. The molecule has 0 spiro atoms. The third-order valence-electron chi connectivity index (χ3n) is 2.78. The second-order valence-electron chi connectivity index (χ2n) is 4.43. The third kappa shape index (κ3) is 5.36. The van der Waals surface area contributed by atoms with E-state index in [0.717, 1.165) is 21.4 Å². The number of carbonyl (C=O) groups excluding carboxylic acids is 1. The predicted molar refractivity (Wildman–Crippen MR) is 85.8 cm³/mol. The lowest BCUT2D eigenvalue weighted by atomic mass is 10.2. The number of rotatable bonds is 7. The first kappa shape index (κ1) is 15.8. The van der Waals surface area contributed by atoms with E-state index in [1.807, 2.05) is 29.6 Å². The van der Waals surface area contributed by atoms with E-state index >= 15 is 0 Å². The first-order valence-electron chi connectivity index (χ1n) is 6.75. The van der Waals surface area contributed by atoms with Gasteiger partial charge in [-0.25, -0.2) is 4.98 Å². The number of carbonyl (C=O) groups is 1. The van der Waals surface area contributed by atoms with Gasteiger partial charge in [0.15, 0.2) is 5.13 Å². The molecule has 1 aromatic heterocycles. The lowest BCUT2D eigenvalue weighted by Gasteiger charge is -2.03. The average Bonchev–Trinajstić information content (AvgIpc) is 2.91. The van der Waals surface area contributed by atoms with E-state index < -0.39 is 0 Å². The van der Waals surface area contributed by atoms with Gasteiger partial charge in [-0.1, -0.05) is 23.7 Å². The average molecular weight is 325 g/mol. The summed E-state index contributed by atoms with van der Waals surface area (Å²) in [5, 5.41) is 6.78. The quantitative estimate of drug-likeness (QED) is 0.785. The van der Waals surface area contributed by atoms with E-state index in [2.05, 4.69) is 10.3 Å². The Morgan fingerprint density at radius 2 is 2.33 bits per heavy atom. The number of thiazole rings is 1. The maximum atomic E-state index is 11.3. The van der Waals surface area contributed by atoms with Crippen molar-refractivity contribution in [1.29, 1.82) is 0 Å². The van der Waals surface area contributed by atoms with Gasteiger partial charge in [0.2, 0.25) is 0 Å². The summed E-state index contributed by atoms with van der Waals surface area (Å²) in [6, 6.07) is 7.70. The molecule has 1 N–H and O–H groups in total. The van der Waals surface area contributed by atoms with E-state index in [0.29, 0.717) is 26.0 Å². The summed E-state index contributed by atoms with van der Waals surface area (Å²) < 4.78 is 4.90. The van der Waals surface area contributed by atoms with Crippen LogP contribution in [0.2, 0.25) is 5.02 Å². The van der Waals surface area contributed by atoms with Crippen molar-refractivity contribution < 1.29 is 9.53 Å². The number of nitrogens with one attached hydrogen (secondary N) is 1. The van der Waals surface area contributed by atoms with Crippen molar-refractivity contribution in [3.8, 4) is 0 Å². The zero-order chi connectivity index (χ0) is 15.1. The second-order valence-corrected chi connectivity index (χ2v) is 5.73. The van der Waals surface area contributed by atoms with Gasteiger partial charge >= 0.3 is 5.97 Å². The minimum atomic E-state index is -0.182. The summed E-state index contributed by atoms with van der Waals surface area (Å²) in [6.45, 7) is 2.90. The van der Waals surface area contributed by atoms with Crippen LogP contribution in [0.4, 0.5) is 5.13 Å². The van der Waals surface area contributed by atoms with Crippen molar-refractivity contribution in [2.24, 2.45) is 0 Å². The minimum Gasteiger partial charge on any atom is -0.466 e. The molecule has 0 aliphatic rings. The minimum absolute atomic E-state index is 0.182. The Bertz CT molecular complexity index is 601. The molecule has 0 aliphatic carbocycles. The highest BCUT2D eigenvalue weighted by atomic mass is 35.5. The lowest BCUT2D eigenvalue weighted by Crippen LogP contribution is -2.05. The van der Waals surface area contributed by atoms with Gasteiger partial charge in [-0.3, -0.25) is 4.79 Å². The Morgan fingerprint density at radius 1 is 1.48 bits per heavy atom. The zero-order valence-corrected chi connectivity index (χ0v) is 13.3. The Kier molecular flexibility index (Phi) is 6.02. The van der Waals surface area contributed by atoms with Gasteiger partial charge < -0.3 is 10.1 Å². The first-order valence-corrected chi connectivity index (χ1v) is 8.01. The summed E-state index contributed by atoms with van der Waals surface area (Å²) in [7, 11) is 0. The predicted octanol–water partition coefficient (Wildman–Crippen LogP) is 3.90. The number of hydrogen-bond donors (Lipinski definition) is 1. The molecule has 2 aromatic rings. The molecule has 0 saturated carbocycles. The molecule has 6 heteroatoms. The van der Waals surface area contributed by atoms with Crippen molar-refractivity contribution in [2.45, 2.75) is 26.3 Å². The molecule has 112 valence electrons. The van der Waals surface area contributed by atoms with E-state index in [1.54, 1.807) is 6.92 Å². The second kappa shape index (κ2) is 8.00. The molecular weight excluding hydrogens is 308 g/mol. The standard InChI is InChI=1S/C15H17ClN2O2S/c1-2-20-14(19)7-6-13-10-21-15(18-13)17-9-11-4-3-5-12(16)8-11/h3-5,8,10H,2,6-7,9H2,1H3,(H,17,18). The molecule has 1 aromatic carbocycles. The largest absolute Gasteiger partial charge is 0.466 e. The molecule has 2 rings (SSSR count). The molecule has 0 aliphatic heterocycles. The molecule has 0 atom stereocenters. The number of anilines is 1. The van der Waals surface area contributed by atoms with Crippen molar-refractivity contribution >= 4 is 34.0 Å². The smallest absolute Gasteiger partial charge is 0.306 e. The van der Waals surface area contributed by atoms with Gasteiger partial charge in [-0.15, -0.1) is 11.3 Å². The summed E-state index contributed by atoms with van der Waals surface area (Å²) in [6.07, 6.45) is 0.972. The van der Waals surface area contributed by atoms with E-state index in [-0.39, 0.29) is 5.97 Å². The fraction of sp³-hybridized carbons (Fsp3) is 0.333. The Labute approximate surface area is 133 Å². The SMILES string of the molecule is CCOC(=O)CCc1csc(NCc2cccc(Cl)c2)n1. The first-order chi connectivity index (χ1) is 10.2.